The predicted molar refractivity (Wildman–Crippen MR) is 80.4 cm³/mol. The van der Waals surface area contributed by atoms with Gasteiger partial charge in [0.15, 0.2) is 0 Å². The molecule has 4 unspecified atom stereocenters. The molecule has 3 N–H and O–H groups in total. The molecule has 1 aliphatic rings. The summed E-state index contributed by atoms with van der Waals surface area (Å²) >= 11 is 0. The monoisotopic (exact) mass is 292 g/mol. The highest BCUT2D eigenvalue weighted by Crippen LogP contribution is 2.25. The third-order valence-corrected chi connectivity index (χ3v) is 3.89. The number of hydrogen-bond donors (Lipinski definition) is 2. The number of rotatable bonds is 5. The number of carbonyl (C=O) groups is 1. The van der Waals surface area contributed by atoms with Crippen LogP contribution in [0.15, 0.2) is 0 Å². The first-order chi connectivity index (χ1) is 8.43. The van der Waals surface area contributed by atoms with Crippen molar-refractivity contribution < 1.29 is 9.53 Å². The van der Waals surface area contributed by atoms with Gasteiger partial charge in [0.05, 0.1) is 6.10 Å². The molecule has 1 aliphatic heterocycles. The molecule has 1 amide bonds. The summed E-state index contributed by atoms with van der Waals surface area (Å²) < 4.78 is 5.82. The summed E-state index contributed by atoms with van der Waals surface area (Å²) in [6, 6.07) is -0.103. The molecule has 4 nitrogen and oxygen atoms in total. The number of carbonyl (C=O) groups excluding carboxylic acids is 1. The van der Waals surface area contributed by atoms with E-state index >= 15 is 0 Å². The zero-order chi connectivity index (χ0) is 13.7. The van der Waals surface area contributed by atoms with E-state index in [4.69, 9.17) is 10.5 Å². The molecule has 1 heterocycles. The van der Waals surface area contributed by atoms with Crippen molar-refractivity contribution in [2.45, 2.75) is 52.7 Å². The number of hydrogen-bond acceptors (Lipinski definition) is 3. The largest absolute Gasteiger partial charge is 0.378 e. The maximum atomic E-state index is 11.9. The Morgan fingerprint density at radius 3 is 2.53 bits per heavy atom. The summed E-state index contributed by atoms with van der Waals surface area (Å²) in [6.45, 7) is 9.65. The fourth-order valence-electron chi connectivity index (χ4n) is 2.45. The van der Waals surface area contributed by atoms with E-state index in [1.807, 2.05) is 13.8 Å². The summed E-state index contributed by atoms with van der Waals surface area (Å²) in [5.41, 5.74) is 5.74. The molecule has 1 saturated heterocycles. The van der Waals surface area contributed by atoms with Gasteiger partial charge in [0.1, 0.15) is 0 Å². The fraction of sp³-hybridized carbons (Fsp3) is 0.929. The molecule has 4 atom stereocenters. The second kappa shape index (κ2) is 8.77. The van der Waals surface area contributed by atoms with Gasteiger partial charge in [-0.05, 0) is 25.7 Å². The van der Waals surface area contributed by atoms with Crippen molar-refractivity contribution in [1.82, 2.24) is 5.32 Å². The van der Waals surface area contributed by atoms with Crippen LogP contribution in [0.5, 0.6) is 0 Å². The van der Waals surface area contributed by atoms with Crippen molar-refractivity contribution in [2.75, 3.05) is 13.2 Å². The summed E-state index contributed by atoms with van der Waals surface area (Å²) in [4.78, 5) is 11.9. The van der Waals surface area contributed by atoms with Crippen molar-refractivity contribution >= 4 is 18.3 Å². The zero-order valence-corrected chi connectivity index (χ0v) is 13.3. The molecule has 0 aromatic carbocycles. The van der Waals surface area contributed by atoms with Gasteiger partial charge in [0, 0.05) is 31.0 Å². The van der Waals surface area contributed by atoms with Crippen molar-refractivity contribution in [1.29, 1.82) is 0 Å². The van der Waals surface area contributed by atoms with Crippen LogP contribution in [0.25, 0.3) is 0 Å². The SMILES string of the molecule is CC(C)C1OCCCC1CNC(=O)C(C)C(C)N.Cl. The van der Waals surface area contributed by atoms with Gasteiger partial charge < -0.3 is 15.8 Å². The first-order valence-electron chi connectivity index (χ1n) is 7.08. The smallest absolute Gasteiger partial charge is 0.224 e. The maximum Gasteiger partial charge on any atom is 0.224 e. The first-order valence-corrected chi connectivity index (χ1v) is 7.08. The minimum Gasteiger partial charge on any atom is -0.378 e. The lowest BCUT2D eigenvalue weighted by molar-refractivity contribution is -0.126. The van der Waals surface area contributed by atoms with Crippen molar-refractivity contribution in [3.8, 4) is 0 Å². The Labute approximate surface area is 123 Å². The number of halogens is 1. The van der Waals surface area contributed by atoms with Crippen molar-refractivity contribution in [3.05, 3.63) is 0 Å². The molecule has 0 saturated carbocycles. The highest BCUT2D eigenvalue weighted by molar-refractivity contribution is 5.85. The Morgan fingerprint density at radius 1 is 1.37 bits per heavy atom. The van der Waals surface area contributed by atoms with Crippen LogP contribution in [0.1, 0.15) is 40.5 Å². The zero-order valence-electron chi connectivity index (χ0n) is 12.5. The number of nitrogens with two attached hydrogens (primary N) is 1. The molecule has 0 aromatic rings. The van der Waals surface area contributed by atoms with E-state index in [1.165, 1.54) is 0 Å². The quantitative estimate of drug-likeness (QED) is 0.814. The lowest BCUT2D eigenvalue weighted by atomic mass is 9.87. The highest BCUT2D eigenvalue weighted by atomic mass is 35.5. The Morgan fingerprint density at radius 2 is 2.00 bits per heavy atom. The average Bonchev–Trinajstić information content (AvgIpc) is 2.35. The first kappa shape index (κ1) is 18.7. The molecule has 1 rings (SSSR count). The maximum absolute atomic E-state index is 11.9. The molecule has 0 aromatic heterocycles. The van der Waals surface area contributed by atoms with Gasteiger partial charge in [0.2, 0.25) is 5.91 Å². The normalized spacial score (nSPS) is 26.4. The third kappa shape index (κ3) is 5.67. The van der Waals surface area contributed by atoms with Crippen molar-refractivity contribution in [3.63, 3.8) is 0 Å². The van der Waals surface area contributed by atoms with E-state index in [-0.39, 0.29) is 36.4 Å². The van der Waals surface area contributed by atoms with Gasteiger partial charge in [-0.1, -0.05) is 20.8 Å². The van der Waals surface area contributed by atoms with Gasteiger partial charge in [-0.15, -0.1) is 12.4 Å². The number of amides is 1. The van der Waals surface area contributed by atoms with E-state index in [2.05, 4.69) is 19.2 Å². The molecule has 0 aliphatic carbocycles. The highest BCUT2D eigenvalue weighted by Gasteiger charge is 2.29. The summed E-state index contributed by atoms with van der Waals surface area (Å²) in [5.74, 6) is 0.853. The van der Waals surface area contributed by atoms with Crippen molar-refractivity contribution in [2.24, 2.45) is 23.5 Å². The van der Waals surface area contributed by atoms with E-state index < -0.39 is 0 Å². The molecule has 0 radical (unpaired) electrons. The minimum absolute atomic E-state index is 0. The van der Waals surface area contributed by atoms with Crippen LogP contribution < -0.4 is 11.1 Å². The Hall–Kier alpha value is -0.320. The Kier molecular flexibility index (Phi) is 8.62. The standard InChI is InChI=1S/C14H28N2O2.ClH/c1-9(2)13-12(6-5-7-18-13)8-16-14(17)10(3)11(4)15;/h9-13H,5-8,15H2,1-4H3,(H,16,17);1H. The van der Waals surface area contributed by atoms with Crippen LogP contribution in [0.2, 0.25) is 0 Å². The van der Waals surface area contributed by atoms with E-state index in [0.717, 1.165) is 19.4 Å². The number of ether oxygens (including phenoxy) is 1. The van der Waals surface area contributed by atoms with Crippen LogP contribution in [0.4, 0.5) is 0 Å². The summed E-state index contributed by atoms with van der Waals surface area (Å²) in [7, 11) is 0. The third-order valence-electron chi connectivity index (χ3n) is 3.89. The summed E-state index contributed by atoms with van der Waals surface area (Å²) in [5, 5.41) is 3.02. The van der Waals surface area contributed by atoms with Crippen LogP contribution in [0, 0.1) is 17.8 Å². The Balaban J connectivity index is 0.00000324. The lowest BCUT2D eigenvalue weighted by Crippen LogP contribution is -2.44. The van der Waals surface area contributed by atoms with Gasteiger partial charge in [-0.3, -0.25) is 4.79 Å². The number of nitrogens with one attached hydrogen (secondary N) is 1. The average molecular weight is 293 g/mol. The van der Waals surface area contributed by atoms with Gasteiger partial charge in [-0.2, -0.15) is 0 Å². The second-order valence-electron chi connectivity index (χ2n) is 5.87. The topological polar surface area (TPSA) is 64.3 Å². The second-order valence-corrected chi connectivity index (χ2v) is 5.87. The van der Waals surface area contributed by atoms with Crippen LogP contribution in [-0.4, -0.2) is 31.2 Å². The molecule has 1 fully saturated rings. The molecular formula is C14H29ClN2O2. The van der Waals surface area contributed by atoms with Crippen LogP contribution in [-0.2, 0) is 9.53 Å². The van der Waals surface area contributed by atoms with Gasteiger partial charge in [0.25, 0.3) is 0 Å². The van der Waals surface area contributed by atoms with E-state index in [1.54, 1.807) is 0 Å². The molecular weight excluding hydrogens is 264 g/mol. The van der Waals surface area contributed by atoms with E-state index in [0.29, 0.717) is 18.4 Å². The minimum atomic E-state index is -0.132. The Bertz CT molecular complexity index is 272. The van der Waals surface area contributed by atoms with Crippen LogP contribution in [0.3, 0.4) is 0 Å². The molecule has 19 heavy (non-hydrogen) atoms. The van der Waals surface area contributed by atoms with E-state index in [9.17, 15) is 4.79 Å². The molecule has 114 valence electrons. The molecule has 0 spiro atoms. The lowest BCUT2D eigenvalue weighted by Gasteiger charge is -2.34. The van der Waals surface area contributed by atoms with Gasteiger partial charge in [-0.25, -0.2) is 0 Å². The molecule has 0 bridgehead atoms. The van der Waals surface area contributed by atoms with Gasteiger partial charge >= 0.3 is 0 Å². The molecule has 5 heteroatoms. The van der Waals surface area contributed by atoms with Crippen LogP contribution >= 0.6 is 12.4 Å². The fourth-order valence-corrected chi connectivity index (χ4v) is 2.45. The summed E-state index contributed by atoms with van der Waals surface area (Å²) in [6.07, 6.45) is 2.49. The predicted octanol–water partition coefficient (Wildman–Crippen LogP) is 1.96.